The number of hydrogen-bond donors (Lipinski definition) is 0. The first-order valence-electron chi connectivity index (χ1n) is 10.8. The van der Waals surface area contributed by atoms with Crippen molar-refractivity contribution in [2.75, 3.05) is 0 Å². The maximum atomic E-state index is 12.2. The van der Waals surface area contributed by atoms with Crippen molar-refractivity contribution < 1.29 is 29.1 Å². The van der Waals surface area contributed by atoms with E-state index in [0.717, 1.165) is 24.0 Å². The molecule has 2 aromatic carbocycles. The highest BCUT2D eigenvalue weighted by Crippen LogP contribution is 2.17. The van der Waals surface area contributed by atoms with Gasteiger partial charge in [0.1, 0.15) is 0 Å². The largest absolute Gasteiger partial charge is 0.373 e. The van der Waals surface area contributed by atoms with Gasteiger partial charge >= 0.3 is 11.9 Å². The van der Waals surface area contributed by atoms with Crippen LogP contribution in [-0.2, 0) is 19.6 Å². The van der Waals surface area contributed by atoms with E-state index >= 15 is 0 Å². The Labute approximate surface area is 184 Å². The van der Waals surface area contributed by atoms with Gasteiger partial charge in [-0.25, -0.2) is 9.59 Å². The number of carbonyl (C=O) groups is 2. The SMILES string of the molecule is CCCCC(OOC(=O)c1ccc(C(C)C)cc1)OOC(=O)c1ccc(C(C)C)cc1. The van der Waals surface area contributed by atoms with E-state index in [1.165, 1.54) is 0 Å². The first kappa shape index (κ1) is 24.6. The van der Waals surface area contributed by atoms with Gasteiger partial charge in [0.05, 0.1) is 11.1 Å². The van der Waals surface area contributed by atoms with Gasteiger partial charge in [0.25, 0.3) is 0 Å². The van der Waals surface area contributed by atoms with E-state index in [1.54, 1.807) is 24.3 Å². The molecule has 0 N–H and O–H groups in total. The van der Waals surface area contributed by atoms with Crippen molar-refractivity contribution in [3.05, 3.63) is 70.8 Å². The second-order valence-electron chi connectivity index (χ2n) is 8.06. The van der Waals surface area contributed by atoms with Gasteiger partial charge < -0.3 is 0 Å². The third-order valence-electron chi connectivity index (χ3n) is 4.88. The summed E-state index contributed by atoms with van der Waals surface area (Å²) in [6, 6.07) is 14.2. The van der Waals surface area contributed by atoms with Crippen molar-refractivity contribution in [1.82, 2.24) is 0 Å². The standard InChI is InChI=1S/C25H32O6/c1-6-7-8-23(28-30-24(26)21-13-9-19(10-14-21)17(2)3)29-31-25(27)22-15-11-20(12-16-22)18(4)5/h9-18,23H,6-8H2,1-5H3. The molecule has 0 amide bonds. The Morgan fingerprint density at radius 1 is 0.710 bits per heavy atom. The quantitative estimate of drug-likeness (QED) is 0.237. The Hall–Kier alpha value is -2.70. The molecule has 0 radical (unpaired) electrons. The van der Waals surface area contributed by atoms with Gasteiger partial charge in [-0.05, 0) is 53.6 Å². The summed E-state index contributed by atoms with van der Waals surface area (Å²) in [5, 5.41) is 0. The Kier molecular flexibility index (Phi) is 9.69. The molecule has 2 rings (SSSR count). The van der Waals surface area contributed by atoms with Gasteiger partial charge in [-0.3, -0.25) is 9.78 Å². The van der Waals surface area contributed by atoms with Crippen LogP contribution in [0.1, 0.15) is 97.6 Å². The van der Waals surface area contributed by atoms with Crippen LogP contribution in [0.25, 0.3) is 0 Å². The van der Waals surface area contributed by atoms with Gasteiger partial charge in [-0.15, -0.1) is 9.78 Å². The highest BCUT2D eigenvalue weighted by molar-refractivity contribution is 5.89. The molecule has 0 fully saturated rings. The summed E-state index contributed by atoms with van der Waals surface area (Å²) in [5.74, 6) is -0.555. The molecule has 6 heteroatoms. The molecule has 0 atom stereocenters. The first-order valence-corrected chi connectivity index (χ1v) is 10.8. The maximum Gasteiger partial charge on any atom is 0.373 e. The first-order chi connectivity index (χ1) is 14.8. The highest BCUT2D eigenvalue weighted by Gasteiger charge is 2.19. The second-order valence-corrected chi connectivity index (χ2v) is 8.06. The molecule has 0 spiro atoms. The lowest BCUT2D eigenvalue weighted by molar-refractivity contribution is -0.421. The predicted octanol–water partition coefficient (Wildman–Crippen LogP) is 6.33. The van der Waals surface area contributed by atoms with Gasteiger partial charge in [0, 0.05) is 6.42 Å². The zero-order valence-electron chi connectivity index (χ0n) is 18.9. The molecular weight excluding hydrogens is 396 g/mol. The van der Waals surface area contributed by atoms with Crippen molar-refractivity contribution in [2.24, 2.45) is 0 Å². The van der Waals surface area contributed by atoms with Crippen LogP contribution in [0.3, 0.4) is 0 Å². The maximum absolute atomic E-state index is 12.2. The van der Waals surface area contributed by atoms with Crippen LogP contribution in [0, 0.1) is 0 Å². The number of carbonyl (C=O) groups excluding carboxylic acids is 2. The van der Waals surface area contributed by atoms with E-state index in [4.69, 9.17) is 19.6 Å². The molecule has 31 heavy (non-hydrogen) atoms. The van der Waals surface area contributed by atoms with Crippen LogP contribution in [0.15, 0.2) is 48.5 Å². The molecule has 0 aromatic heterocycles. The number of rotatable bonds is 11. The van der Waals surface area contributed by atoms with Crippen molar-refractivity contribution in [3.63, 3.8) is 0 Å². The van der Waals surface area contributed by atoms with Crippen molar-refractivity contribution in [3.8, 4) is 0 Å². The number of hydrogen-bond acceptors (Lipinski definition) is 6. The number of benzene rings is 2. The Morgan fingerprint density at radius 3 is 1.42 bits per heavy atom. The van der Waals surface area contributed by atoms with E-state index in [0.29, 0.717) is 29.4 Å². The fourth-order valence-corrected chi connectivity index (χ4v) is 2.78. The van der Waals surface area contributed by atoms with Crippen molar-refractivity contribution in [2.45, 2.75) is 72.0 Å². The fourth-order valence-electron chi connectivity index (χ4n) is 2.78. The van der Waals surface area contributed by atoms with Crippen LogP contribution in [0.5, 0.6) is 0 Å². The lowest BCUT2D eigenvalue weighted by atomic mass is 10.0. The van der Waals surface area contributed by atoms with Gasteiger partial charge in [-0.1, -0.05) is 65.3 Å². The lowest BCUT2D eigenvalue weighted by Gasteiger charge is -2.15. The topological polar surface area (TPSA) is 71.1 Å². The molecule has 0 bridgehead atoms. The molecule has 0 aliphatic heterocycles. The van der Waals surface area contributed by atoms with Crippen LogP contribution < -0.4 is 0 Å². The molecule has 0 heterocycles. The smallest absolute Gasteiger partial charge is 0.290 e. The zero-order chi connectivity index (χ0) is 22.8. The van der Waals surface area contributed by atoms with Gasteiger partial charge in [-0.2, -0.15) is 0 Å². The fraction of sp³-hybridized carbons (Fsp3) is 0.440. The summed E-state index contributed by atoms with van der Waals surface area (Å²) in [7, 11) is 0. The second kappa shape index (κ2) is 12.2. The Bertz CT molecular complexity index is 757. The normalized spacial score (nSPS) is 11.2. The minimum Gasteiger partial charge on any atom is -0.290 e. The van der Waals surface area contributed by atoms with Crippen LogP contribution in [0.4, 0.5) is 0 Å². The highest BCUT2D eigenvalue weighted by atomic mass is 17.3. The van der Waals surface area contributed by atoms with Crippen molar-refractivity contribution >= 4 is 11.9 Å². The number of unbranched alkanes of at least 4 members (excludes halogenated alkanes) is 1. The minimum absolute atomic E-state index is 0.362. The van der Waals surface area contributed by atoms with E-state index in [-0.39, 0.29) is 0 Å². The summed E-state index contributed by atoms with van der Waals surface area (Å²) in [5.41, 5.74) is 2.96. The van der Waals surface area contributed by atoms with E-state index in [1.807, 2.05) is 31.2 Å². The lowest BCUT2D eigenvalue weighted by Crippen LogP contribution is -2.22. The molecule has 0 saturated carbocycles. The van der Waals surface area contributed by atoms with E-state index in [2.05, 4.69) is 27.7 Å². The molecule has 6 nitrogen and oxygen atoms in total. The van der Waals surface area contributed by atoms with Crippen LogP contribution >= 0.6 is 0 Å². The molecular formula is C25H32O6. The summed E-state index contributed by atoms with van der Waals surface area (Å²) in [6.07, 6.45) is 0.998. The summed E-state index contributed by atoms with van der Waals surface area (Å²) < 4.78 is 0. The molecule has 0 saturated heterocycles. The molecule has 0 unspecified atom stereocenters. The third-order valence-corrected chi connectivity index (χ3v) is 4.88. The minimum atomic E-state index is -1.02. The third kappa shape index (κ3) is 7.81. The molecule has 168 valence electrons. The average molecular weight is 429 g/mol. The molecule has 0 aliphatic carbocycles. The monoisotopic (exact) mass is 428 g/mol. The zero-order valence-corrected chi connectivity index (χ0v) is 18.9. The summed E-state index contributed by atoms with van der Waals surface area (Å²) in [6.45, 7) is 10.3. The summed E-state index contributed by atoms with van der Waals surface area (Å²) in [4.78, 5) is 44.6. The van der Waals surface area contributed by atoms with E-state index < -0.39 is 18.2 Å². The Balaban J connectivity index is 1.90. The Morgan fingerprint density at radius 2 is 1.10 bits per heavy atom. The van der Waals surface area contributed by atoms with E-state index in [9.17, 15) is 9.59 Å². The molecule has 2 aromatic rings. The average Bonchev–Trinajstić information content (AvgIpc) is 2.78. The predicted molar refractivity (Wildman–Crippen MR) is 117 cm³/mol. The molecule has 0 aliphatic rings. The van der Waals surface area contributed by atoms with Crippen LogP contribution in [0.2, 0.25) is 0 Å². The van der Waals surface area contributed by atoms with Gasteiger partial charge in [0.2, 0.25) is 6.29 Å². The van der Waals surface area contributed by atoms with Crippen molar-refractivity contribution in [1.29, 1.82) is 0 Å². The van der Waals surface area contributed by atoms with Crippen LogP contribution in [-0.4, -0.2) is 18.2 Å². The summed E-state index contributed by atoms with van der Waals surface area (Å²) >= 11 is 0. The van der Waals surface area contributed by atoms with Gasteiger partial charge in [0.15, 0.2) is 0 Å².